The molecule has 0 amide bonds. The maximum absolute atomic E-state index is 5.60. The van der Waals surface area contributed by atoms with E-state index < -0.39 is 0 Å². The van der Waals surface area contributed by atoms with Crippen LogP contribution in [0.15, 0.2) is 6.20 Å². The molecule has 0 aliphatic carbocycles. The monoisotopic (exact) mass is 249 g/mol. The first-order valence-electron chi connectivity index (χ1n) is 6.70. The van der Waals surface area contributed by atoms with Gasteiger partial charge in [-0.05, 0) is 38.8 Å². The predicted octanol–water partition coefficient (Wildman–Crippen LogP) is 1.51. The number of aromatic nitrogens is 2. The summed E-state index contributed by atoms with van der Waals surface area (Å²) in [5.74, 6) is 1.80. The molecule has 3 N–H and O–H groups in total. The van der Waals surface area contributed by atoms with E-state index in [2.05, 4.69) is 27.1 Å². The fraction of sp³-hybridized carbons (Fsp3) is 0.692. The highest BCUT2D eigenvalue weighted by Gasteiger charge is 2.14. The summed E-state index contributed by atoms with van der Waals surface area (Å²) >= 11 is 0. The molecular weight excluding hydrogens is 226 g/mol. The van der Waals surface area contributed by atoms with Crippen LogP contribution < -0.4 is 11.1 Å². The molecule has 1 aromatic rings. The molecule has 0 radical (unpaired) electrons. The molecule has 2 rings (SSSR count). The zero-order valence-electron chi connectivity index (χ0n) is 11.3. The van der Waals surface area contributed by atoms with Gasteiger partial charge in [-0.1, -0.05) is 6.92 Å². The molecule has 1 atom stereocenters. The number of aryl methyl sites for hydroxylation is 1. The van der Waals surface area contributed by atoms with E-state index in [0.717, 1.165) is 24.5 Å². The normalized spacial score (nSPS) is 17.9. The second-order valence-electron chi connectivity index (χ2n) is 5.25. The lowest BCUT2D eigenvalue weighted by molar-refractivity contribution is 0.294. The highest BCUT2D eigenvalue weighted by atomic mass is 15.1. The molecule has 5 nitrogen and oxygen atoms in total. The minimum Gasteiger partial charge on any atom is -0.369 e. The van der Waals surface area contributed by atoms with Gasteiger partial charge in [0, 0.05) is 24.8 Å². The summed E-state index contributed by atoms with van der Waals surface area (Å²) in [4.78, 5) is 10.7. The number of rotatable bonds is 5. The van der Waals surface area contributed by atoms with Crippen LogP contribution in [0.2, 0.25) is 0 Å². The van der Waals surface area contributed by atoms with Gasteiger partial charge in [0.1, 0.15) is 5.82 Å². The molecule has 0 aromatic carbocycles. The van der Waals surface area contributed by atoms with Crippen LogP contribution in [0.4, 0.5) is 11.8 Å². The van der Waals surface area contributed by atoms with E-state index in [9.17, 15) is 0 Å². The SMILES string of the molecule is Cc1cnc(N)nc1NCC(C)CN1CCCC1. The zero-order chi connectivity index (χ0) is 13.0. The molecule has 0 spiro atoms. The average Bonchev–Trinajstić information content (AvgIpc) is 2.83. The van der Waals surface area contributed by atoms with Crippen molar-refractivity contribution in [2.75, 3.05) is 37.2 Å². The van der Waals surface area contributed by atoms with Gasteiger partial charge in [0.25, 0.3) is 0 Å². The lowest BCUT2D eigenvalue weighted by atomic mass is 10.1. The van der Waals surface area contributed by atoms with Gasteiger partial charge in [-0.15, -0.1) is 0 Å². The smallest absolute Gasteiger partial charge is 0.221 e. The standard InChI is InChI=1S/C13H23N5/c1-10(9-18-5-3-4-6-18)7-15-12-11(2)8-16-13(14)17-12/h8,10H,3-7,9H2,1-2H3,(H3,14,15,16,17). The number of hydrogen-bond donors (Lipinski definition) is 2. The first kappa shape index (κ1) is 13.1. The molecule has 100 valence electrons. The summed E-state index contributed by atoms with van der Waals surface area (Å²) in [6.45, 7) is 8.85. The van der Waals surface area contributed by atoms with Crippen molar-refractivity contribution in [3.8, 4) is 0 Å². The van der Waals surface area contributed by atoms with Crippen LogP contribution in [0.3, 0.4) is 0 Å². The Morgan fingerprint density at radius 2 is 2.17 bits per heavy atom. The van der Waals surface area contributed by atoms with Crippen molar-refractivity contribution < 1.29 is 0 Å². The molecule has 5 heteroatoms. The van der Waals surface area contributed by atoms with Gasteiger partial charge in [-0.25, -0.2) is 4.98 Å². The van der Waals surface area contributed by atoms with E-state index in [1.807, 2.05) is 6.92 Å². The maximum atomic E-state index is 5.60. The Bertz CT molecular complexity index is 387. The van der Waals surface area contributed by atoms with Crippen LogP contribution >= 0.6 is 0 Å². The van der Waals surface area contributed by atoms with Crippen molar-refractivity contribution >= 4 is 11.8 Å². The van der Waals surface area contributed by atoms with E-state index in [1.54, 1.807) is 6.20 Å². The van der Waals surface area contributed by atoms with Crippen molar-refractivity contribution in [3.05, 3.63) is 11.8 Å². The number of nitrogens with zero attached hydrogens (tertiary/aromatic N) is 3. The Kier molecular flexibility index (Phi) is 4.36. The van der Waals surface area contributed by atoms with Crippen LogP contribution in [-0.2, 0) is 0 Å². The second kappa shape index (κ2) is 6.00. The average molecular weight is 249 g/mol. The van der Waals surface area contributed by atoms with Crippen molar-refractivity contribution in [3.63, 3.8) is 0 Å². The number of nitrogens with two attached hydrogens (primary N) is 1. The van der Waals surface area contributed by atoms with Gasteiger partial charge in [-0.3, -0.25) is 0 Å². The zero-order valence-corrected chi connectivity index (χ0v) is 11.3. The van der Waals surface area contributed by atoms with Gasteiger partial charge in [0.15, 0.2) is 0 Å². The second-order valence-corrected chi connectivity index (χ2v) is 5.25. The highest BCUT2D eigenvalue weighted by molar-refractivity contribution is 5.44. The summed E-state index contributed by atoms with van der Waals surface area (Å²) in [7, 11) is 0. The number of nitrogens with one attached hydrogen (secondary N) is 1. The molecule has 2 heterocycles. The first-order chi connectivity index (χ1) is 8.65. The molecule has 0 bridgehead atoms. The van der Waals surface area contributed by atoms with Crippen molar-refractivity contribution in [2.45, 2.75) is 26.7 Å². The number of hydrogen-bond acceptors (Lipinski definition) is 5. The minimum absolute atomic E-state index is 0.329. The summed E-state index contributed by atoms with van der Waals surface area (Å²) in [5, 5.41) is 3.37. The Morgan fingerprint density at radius 1 is 1.44 bits per heavy atom. The van der Waals surface area contributed by atoms with Crippen LogP contribution in [-0.4, -0.2) is 41.0 Å². The van der Waals surface area contributed by atoms with E-state index in [1.165, 1.54) is 25.9 Å². The van der Waals surface area contributed by atoms with Crippen molar-refractivity contribution in [1.82, 2.24) is 14.9 Å². The Labute approximate surface area is 109 Å². The lowest BCUT2D eigenvalue weighted by Gasteiger charge is -2.21. The number of likely N-dealkylation sites (tertiary alicyclic amines) is 1. The highest BCUT2D eigenvalue weighted by Crippen LogP contribution is 2.13. The fourth-order valence-electron chi connectivity index (χ4n) is 2.38. The third kappa shape index (κ3) is 3.57. The largest absolute Gasteiger partial charge is 0.369 e. The minimum atomic E-state index is 0.329. The molecule has 1 unspecified atom stereocenters. The maximum Gasteiger partial charge on any atom is 0.221 e. The van der Waals surface area contributed by atoms with E-state index in [4.69, 9.17) is 5.73 Å². The van der Waals surface area contributed by atoms with Gasteiger partial charge in [0.2, 0.25) is 5.95 Å². The molecule has 18 heavy (non-hydrogen) atoms. The van der Waals surface area contributed by atoms with Crippen LogP contribution in [0.25, 0.3) is 0 Å². The summed E-state index contributed by atoms with van der Waals surface area (Å²) in [5.41, 5.74) is 6.63. The molecule has 1 saturated heterocycles. The number of nitrogen functional groups attached to an aromatic ring is 1. The van der Waals surface area contributed by atoms with E-state index in [-0.39, 0.29) is 0 Å². The van der Waals surface area contributed by atoms with Gasteiger partial charge in [0.05, 0.1) is 0 Å². The Hall–Kier alpha value is -1.36. The summed E-state index contributed by atoms with van der Waals surface area (Å²) < 4.78 is 0. The first-order valence-corrected chi connectivity index (χ1v) is 6.70. The lowest BCUT2D eigenvalue weighted by Crippen LogP contribution is -2.29. The third-order valence-corrected chi connectivity index (χ3v) is 3.38. The number of anilines is 2. The molecular formula is C13H23N5. The predicted molar refractivity (Wildman–Crippen MR) is 74.5 cm³/mol. The van der Waals surface area contributed by atoms with Gasteiger partial charge < -0.3 is 16.0 Å². The quantitative estimate of drug-likeness (QED) is 0.828. The van der Waals surface area contributed by atoms with Crippen molar-refractivity contribution in [2.24, 2.45) is 5.92 Å². The molecule has 0 saturated carbocycles. The molecule has 1 aromatic heterocycles. The Balaban J connectivity index is 1.81. The summed E-state index contributed by atoms with van der Waals surface area (Å²) in [6.07, 6.45) is 4.46. The molecule has 1 aliphatic heterocycles. The molecule has 1 fully saturated rings. The molecule has 1 aliphatic rings. The third-order valence-electron chi connectivity index (χ3n) is 3.38. The fourth-order valence-corrected chi connectivity index (χ4v) is 2.38. The van der Waals surface area contributed by atoms with Gasteiger partial charge in [-0.2, -0.15) is 4.98 Å². The van der Waals surface area contributed by atoms with E-state index in [0.29, 0.717) is 11.9 Å². The van der Waals surface area contributed by atoms with Crippen molar-refractivity contribution in [1.29, 1.82) is 0 Å². The van der Waals surface area contributed by atoms with Crippen LogP contribution in [0, 0.1) is 12.8 Å². The van der Waals surface area contributed by atoms with E-state index >= 15 is 0 Å². The summed E-state index contributed by atoms with van der Waals surface area (Å²) in [6, 6.07) is 0. The van der Waals surface area contributed by atoms with Crippen LogP contribution in [0.1, 0.15) is 25.3 Å². The van der Waals surface area contributed by atoms with Crippen LogP contribution in [0.5, 0.6) is 0 Å². The Morgan fingerprint density at radius 3 is 2.89 bits per heavy atom. The van der Waals surface area contributed by atoms with Gasteiger partial charge >= 0.3 is 0 Å². The topological polar surface area (TPSA) is 67.1 Å².